The Morgan fingerprint density at radius 2 is 2.09 bits per heavy atom. The van der Waals surface area contributed by atoms with Gasteiger partial charge in [0.15, 0.2) is 0 Å². The van der Waals surface area contributed by atoms with E-state index in [1.54, 1.807) is 6.20 Å². The minimum absolute atomic E-state index is 0.0208. The molecular weight excluding hydrogens is 426 g/mol. The molecule has 1 saturated heterocycles. The quantitative estimate of drug-likeness (QED) is 0.477. The number of carbonyl (C=O) groups is 1. The van der Waals surface area contributed by atoms with Gasteiger partial charge in [0.05, 0.1) is 17.1 Å². The fraction of sp³-hybridized carbons (Fsp3) is 0.462. The van der Waals surface area contributed by atoms with E-state index in [-0.39, 0.29) is 11.4 Å². The smallest absolute Gasteiger partial charge is 0.317 e. The molecule has 1 aliphatic heterocycles. The maximum absolute atomic E-state index is 12.7. The number of carbonyl (C=O) groups excluding carboxylic acids is 1. The molecule has 8 heteroatoms. The monoisotopic (exact) mass is 461 g/mol. The number of urea groups is 1. The van der Waals surface area contributed by atoms with Crippen LogP contribution in [0, 0.1) is 18.3 Å². The number of rotatable bonds is 6. The molecule has 1 aliphatic rings. The number of hydrogen-bond acceptors (Lipinski definition) is 5. The molecule has 8 nitrogen and oxygen atoms in total. The van der Waals surface area contributed by atoms with Crippen molar-refractivity contribution in [1.82, 2.24) is 30.4 Å². The third-order valence-corrected chi connectivity index (χ3v) is 6.72. The van der Waals surface area contributed by atoms with E-state index in [1.165, 1.54) is 0 Å². The van der Waals surface area contributed by atoms with Crippen LogP contribution >= 0.6 is 0 Å². The van der Waals surface area contributed by atoms with Gasteiger partial charge in [-0.3, -0.25) is 5.10 Å². The Bertz CT molecular complexity index is 1150. The van der Waals surface area contributed by atoms with Crippen LogP contribution in [-0.4, -0.2) is 44.2 Å². The molecule has 0 radical (unpaired) electrons. The van der Waals surface area contributed by atoms with Crippen molar-refractivity contribution in [2.45, 2.75) is 54.0 Å². The Morgan fingerprint density at radius 1 is 1.26 bits per heavy atom. The van der Waals surface area contributed by atoms with Crippen LogP contribution in [0.1, 0.15) is 50.9 Å². The Labute approximate surface area is 201 Å². The molecule has 1 aromatic carbocycles. The molecule has 3 aromatic rings. The molecular formula is C26H35N7O. The van der Waals surface area contributed by atoms with Gasteiger partial charge in [0.2, 0.25) is 5.95 Å². The number of amides is 2. The minimum Gasteiger partial charge on any atom is -0.334 e. The highest BCUT2D eigenvalue weighted by Gasteiger charge is 2.33. The van der Waals surface area contributed by atoms with Crippen molar-refractivity contribution in [2.24, 2.45) is 11.3 Å². The molecule has 34 heavy (non-hydrogen) atoms. The van der Waals surface area contributed by atoms with E-state index >= 15 is 0 Å². The van der Waals surface area contributed by atoms with Crippen LogP contribution in [0.15, 0.2) is 36.7 Å². The Balaban J connectivity index is 1.39. The summed E-state index contributed by atoms with van der Waals surface area (Å²) in [5, 5.41) is 13.4. The highest BCUT2D eigenvalue weighted by molar-refractivity contribution is 5.74. The first-order valence-electron chi connectivity index (χ1n) is 12.0. The topological polar surface area (TPSA) is 98.8 Å². The number of benzene rings is 1. The maximum Gasteiger partial charge on any atom is 0.317 e. The van der Waals surface area contributed by atoms with Crippen molar-refractivity contribution in [2.75, 3.05) is 18.4 Å². The molecule has 0 saturated carbocycles. The zero-order valence-electron chi connectivity index (χ0n) is 20.8. The number of nitrogens with zero attached hydrogens (tertiary/aromatic N) is 4. The summed E-state index contributed by atoms with van der Waals surface area (Å²) in [4.78, 5) is 23.7. The highest BCUT2D eigenvalue weighted by Crippen LogP contribution is 2.33. The van der Waals surface area contributed by atoms with Crippen LogP contribution in [0.2, 0.25) is 0 Å². The Hall–Kier alpha value is -3.42. The van der Waals surface area contributed by atoms with Crippen LogP contribution in [0.5, 0.6) is 0 Å². The van der Waals surface area contributed by atoms with Gasteiger partial charge in [0.1, 0.15) is 0 Å². The number of hydrogen-bond donors (Lipinski definition) is 3. The maximum atomic E-state index is 12.7. The summed E-state index contributed by atoms with van der Waals surface area (Å²) in [7, 11) is 0. The molecule has 0 spiro atoms. The Kier molecular flexibility index (Phi) is 6.86. The molecule has 1 atom stereocenters. The van der Waals surface area contributed by atoms with Crippen molar-refractivity contribution in [3.8, 4) is 11.3 Å². The van der Waals surface area contributed by atoms with Gasteiger partial charge in [-0.05, 0) is 54.4 Å². The average Bonchev–Trinajstić information content (AvgIpc) is 3.48. The first-order chi connectivity index (χ1) is 16.2. The number of anilines is 2. The number of aromatic amines is 1. The third-order valence-electron chi connectivity index (χ3n) is 6.72. The van der Waals surface area contributed by atoms with E-state index in [0.717, 1.165) is 59.7 Å². The summed E-state index contributed by atoms with van der Waals surface area (Å²) in [5.41, 5.74) is 6.11. The van der Waals surface area contributed by atoms with E-state index < -0.39 is 0 Å². The summed E-state index contributed by atoms with van der Waals surface area (Å²) in [6.07, 6.45) is 5.45. The standard InChI is InChI=1S/C26H35N7O/c1-6-21-23(15-29-32-21)31-24-27-11-9-22(30-24)18-7-8-19(17(2)13-18)14-28-25(34)33-12-10-20(16-33)26(3,4)5/h7-9,11,13,15,20H,6,10,12,14,16H2,1-5H3,(H,28,34)(H,29,32)(H,27,30,31). The van der Waals surface area contributed by atoms with Crippen molar-refractivity contribution in [1.29, 1.82) is 0 Å². The molecule has 3 N–H and O–H groups in total. The van der Waals surface area contributed by atoms with Crippen molar-refractivity contribution in [3.05, 3.63) is 53.5 Å². The van der Waals surface area contributed by atoms with Gasteiger partial charge in [-0.25, -0.2) is 14.8 Å². The first-order valence-corrected chi connectivity index (χ1v) is 12.0. The van der Waals surface area contributed by atoms with Crippen LogP contribution < -0.4 is 10.6 Å². The normalized spacial score (nSPS) is 16.0. The van der Waals surface area contributed by atoms with Crippen molar-refractivity contribution in [3.63, 3.8) is 0 Å². The van der Waals surface area contributed by atoms with Gasteiger partial charge in [-0.1, -0.05) is 39.8 Å². The van der Waals surface area contributed by atoms with Crippen LogP contribution in [-0.2, 0) is 13.0 Å². The van der Waals surface area contributed by atoms with Crippen molar-refractivity contribution < 1.29 is 4.79 Å². The second-order valence-electron chi connectivity index (χ2n) is 10.1. The van der Waals surface area contributed by atoms with Gasteiger partial charge < -0.3 is 15.5 Å². The average molecular weight is 462 g/mol. The van der Waals surface area contributed by atoms with Crippen LogP contribution in [0.25, 0.3) is 11.3 Å². The molecule has 2 amide bonds. The summed E-state index contributed by atoms with van der Waals surface area (Å²) in [6.45, 7) is 13.0. The molecule has 3 heterocycles. The summed E-state index contributed by atoms with van der Waals surface area (Å²) >= 11 is 0. The van der Waals surface area contributed by atoms with Gasteiger partial charge in [-0.2, -0.15) is 5.10 Å². The van der Waals surface area contributed by atoms with Gasteiger partial charge in [-0.15, -0.1) is 0 Å². The lowest BCUT2D eigenvalue weighted by molar-refractivity contribution is 0.196. The zero-order valence-corrected chi connectivity index (χ0v) is 20.8. The van der Waals surface area contributed by atoms with Crippen molar-refractivity contribution >= 4 is 17.7 Å². The van der Waals surface area contributed by atoms with E-state index in [4.69, 9.17) is 0 Å². The Morgan fingerprint density at radius 3 is 2.79 bits per heavy atom. The number of nitrogens with one attached hydrogen (secondary N) is 3. The van der Waals surface area contributed by atoms with E-state index in [2.05, 4.69) is 77.6 Å². The SMILES string of the molecule is CCc1n[nH]cc1Nc1nccc(-c2ccc(CNC(=O)N3CCC(C(C)(C)C)C3)c(C)c2)n1. The number of likely N-dealkylation sites (tertiary alicyclic amines) is 1. The third kappa shape index (κ3) is 5.38. The lowest BCUT2D eigenvalue weighted by Crippen LogP contribution is -2.39. The number of aryl methyl sites for hydroxylation is 2. The molecule has 180 valence electrons. The largest absolute Gasteiger partial charge is 0.334 e. The lowest BCUT2D eigenvalue weighted by atomic mass is 9.80. The molecule has 1 fully saturated rings. The molecule has 4 rings (SSSR count). The molecule has 0 aliphatic carbocycles. The van der Waals surface area contributed by atoms with E-state index in [0.29, 0.717) is 18.4 Å². The molecule has 2 aromatic heterocycles. The number of aromatic nitrogens is 4. The fourth-order valence-corrected chi connectivity index (χ4v) is 4.38. The first kappa shape index (κ1) is 23.7. The second-order valence-corrected chi connectivity index (χ2v) is 10.1. The lowest BCUT2D eigenvalue weighted by Gasteiger charge is -2.27. The van der Waals surface area contributed by atoms with Gasteiger partial charge >= 0.3 is 6.03 Å². The van der Waals surface area contributed by atoms with Gasteiger partial charge in [0, 0.05) is 37.6 Å². The highest BCUT2D eigenvalue weighted by atomic mass is 16.2. The zero-order chi connectivity index (χ0) is 24.3. The van der Waals surface area contributed by atoms with Crippen LogP contribution in [0.3, 0.4) is 0 Å². The predicted molar refractivity (Wildman–Crippen MR) is 135 cm³/mol. The fourth-order valence-electron chi connectivity index (χ4n) is 4.38. The van der Waals surface area contributed by atoms with Gasteiger partial charge in [0.25, 0.3) is 0 Å². The summed E-state index contributed by atoms with van der Waals surface area (Å²) in [6, 6.07) is 8.13. The summed E-state index contributed by atoms with van der Waals surface area (Å²) < 4.78 is 0. The predicted octanol–water partition coefficient (Wildman–Crippen LogP) is 5.06. The van der Waals surface area contributed by atoms with E-state index in [1.807, 2.05) is 23.2 Å². The molecule has 1 unspecified atom stereocenters. The molecule has 0 bridgehead atoms. The number of H-pyrrole nitrogens is 1. The second kappa shape index (κ2) is 9.83. The van der Waals surface area contributed by atoms with E-state index in [9.17, 15) is 4.79 Å². The summed E-state index contributed by atoms with van der Waals surface area (Å²) in [5.74, 6) is 1.08. The van der Waals surface area contributed by atoms with Crippen LogP contribution in [0.4, 0.5) is 16.4 Å². The minimum atomic E-state index is 0.0208.